The van der Waals surface area contributed by atoms with Crippen LogP contribution in [0.4, 0.5) is 4.79 Å². The number of imide groups is 3. The summed E-state index contributed by atoms with van der Waals surface area (Å²) < 4.78 is 10.9. The minimum atomic E-state index is -0.905. The van der Waals surface area contributed by atoms with E-state index in [1.807, 2.05) is 12.1 Å². The zero-order valence-corrected chi connectivity index (χ0v) is 19.5. The predicted octanol–water partition coefficient (Wildman–Crippen LogP) is 4.31. The Morgan fingerprint density at radius 2 is 1.91 bits per heavy atom. The molecule has 0 unspecified atom stereocenters. The van der Waals surface area contributed by atoms with Crippen LogP contribution in [0.3, 0.4) is 0 Å². The van der Waals surface area contributed by atoms with Gasteiger partial charge in [-0.2, -0.15) is 4.90 Å². The van der Waals surface area contributed by atoms with E-state index < -0.39 is 29.7 Å². The van der Waals surface area contributed by atoms with E-state index in [0.717, 1.165) is 24.0 Å². The number of benzene rings is 1. The number of methoxy groups -OCH3 is 1. The van der Waals surface area contributed by atoms with Crippen LogP contribution in [0.1, 0.15) is 45.6 Å². The Hall–Kier alpha value is -2.93. The summed E-state index contributed by atoms with van der Waals surface area (Å²) in [7, 11) is 1.18. The average Bonchev–Trinajstić information content (AvgIpc) is 3.31. The van der Waals surface area contributed by atoms with Gasteiger partial charge in [0.15, 0.2) is 0 Å². The van der Waals surface area contributed by atoms with Crippen molar-refractivity contribution in [3.63, 3.8) is 0 Å². The molecule has 3 amide bonds. The van der Waals surface area contributed by atoms with E-state index in [1.165, 1.54) is 18.3 Å². The fourth-order valence-electron chi connectivity index (χ4n) is 5.52. The fraction of sp³-hybridized carbons (Fsp3) is 0.500. The third-order valence-electron chi connectivity index (χ3n) is 7.11. The van der Waals surface area contributed by atoms with E-state index in [4.69, 9.17) is 4.74 Å². The second-order valence-electron chi connectivity index (χ2n) is 9.50. The first-order valence-electron chi connectivity index (χ1n) is 11.5. The molecule has 0 spiro atoms. The third kappa shape index (κ3) is 4.22. The lowest BCUT2D eigenvalue weighted by Gasteiger charge is -2.33. The second kappa shape index (κ2) is 9.14. The third-order valence-corrected chi connectivity index (χ3v) is 7.11. The smallest absolute Gasteiger partial charge is 0.423 e. The van der Waals surface area contributed by atoms with Crippen LogP contribution in [-0.2, 0) is 19.1 Å². The van der Waals surface area contributed by atoms with Gasteiger partial charge in [0.2, 0.25) is 11.8 Å². The van der Waals surface area contributed by atoms with E-state index in [-0.39, 0.29) is 23.7 Å². The molecule has 2 fully saturated rings. The molecule has 7 heteroatoms. The Balaban J connectivity index is 1.55. The quantitative estimate of drug-likeness (QED) is 0.527. The normalized spacial score (nSPS) is 27.3. The van der Waals surface area contributed by atoms with E-state index >= 15 is 0 Å². The van der Waals surface area contributed by atoms with Crippen molar-refractivity contribution in [3.05, 3.63) is 46.5 Å². The van der Waals surface area contributed by atoms with Gasteiger partial charge in [-0.05, 0) is 55.4 Å². The number of allylic oxidation sites excluding steroid dienone is 2. The lowest BCUT2D eigenvalue weighted by atomic mass is 9.67. The summed E-state index contributed by atoms with van der Waals surface area (Å²) >= 11 is 0. The monoisotopic (exact) mass is 453 g/mol. The lowest BCUT2D eigenvalue weighted by Crippen LogP contribution is -2.38. The number of aromatic hydroxyl groups is 1. The van der Waals surface area contributed by atoms with Crippen molar-refractivity contribution < 1.29 is 29.0 Å². The highest BCUT2D eigenvalue weighted by atomic mass is 16.5. The van der Waals surface area contributed by atoms with Crippen molar-refractivity contribution in [2.24, 2.45) is 23.7 Å². The summed E-state index contributed by atoms with van der Waals surface area (Å²) in [5.74, 6) is -1.73. The lowest BCUT2D eigenvalue weighted by molar-refractivity contribution is -0.137. The van der Waals surface area contributed by atoms with Crippen LogP contribution in [0, 0.1) is 23.7 Å². The van der Waals surface area contributed by atoms with Crippen LogP contribution in [0.25, 0.3) is 6.08 Å². The number of hydrogen-bond acceptors (Lipinski definition) is 6. The molecule has 0 bridgehead atoms. The average molecular weight is 454 g/mol. The molecular formula is C26H31NO6. The number of carbonyl (C=O) groups is 3. The van der Waals surface area contributed by atoms with Crippen molar-refractivity contribution in [1.29, 1.82) is 0 Å². The number of amides is 3. The standard InChI is InChI=1S/C26H31NO6/c1-14(2)18-12-19-23(25(30)27(24(19)29)26(31)32-4)20-13-33-21(22(18)20)10-5-15(3)11-16-6-8-17(28)9-7-16/h6-9,11,14,19-21,23,28H,5,10,12-13H2,1-4H3/b15-11+/t19-,20+,21-,23-/m1/s1. The molecule has 33 heavy (non-hydrogen) atoms. The van der Waals surface area contributed by atoms with Crippen molar-refractivity contribution in [2.45, 2.75) is 46.1 Å². The first-order valence-corrected chi connectivity index (χ1v) is 11.5. The highest BCUT2D eigenvalue weighted by Gasteiger charge is 2.59. The minimum Gasteiger partial charge on any atom is -0.508 e. The fourth-order valence-corrected chi connectivity index (χ4v) is 5.52. The van der Waals surface area contributed by atoms with E-state index in [1.54, 1.807) is 12.1 Å². The maximum atomic E-state index is 13.1. The number of carbonyl (C=O) groups excluding carboxylic acids is 3. The van der Waals surface area contributed by atoms with Gasteiger partial charge in [0.05, 0.1) is 31.7 Å². The largest absolute Gasteiger partial charge is 0.508 e. The van der Waals surface area contributed by atoms with Gasteiger partial charge in [-0.1, -0.05) is 43.2 Å². The molecule has 1 aromatic rings. The Kier molecular flexibility index (Phi) is 6.43. The molecule has 2 saturated heterocycles. The van der Waals surface area contributed by atoms with Crippen molar-refractivity contribution in [2.75, 3.05) is 13.7 Å². The summed E-state index contributed by atoms with van der Waals surface area (Å²) in [4.78, 5) is 38.8. The van der Waals surface area contributed by atoms with Crippen LogP contribution in [0.5, 0.6) is 5.75 Å². The van der Waals surface area contributed by atoms with Crippen LogP contribution >= 0.6 is 0 Å². The Bertz CT molecular complexity index is 1020. The number of hydrogen-bond donors (Lipinski definition) is 1. The molecule has 1 aromatic carbocycles. The van der Waals surface area contributed by atoms with Gasteiger partial charge in [0, 0.05) is 5.92 Å². The molecule has 176 valence electrons. The minimum absolute atomic E-state index is 0.105. The molecular weight excluding hydrogens is 422 g/mol. The molecule has 1 aliphatic carbocycles. The highest BCUT2D eigenvalue weighted by Crippen LogP contribution is 2.51. The van der Waals surface area contributed by atoms with Gasteiger partial charge in [-0.25, -0.2) is 4.79 Å². The Morgan fingerprint density at radius 1 is 1.21 bits per heavy atom. The van der Waals surface area contributed by atoms with Gasteiger partial charge < -0.3 is 14.6 Å². The number of phenols is 1. The van der Waals surface area contributed by atoms with Crippen LogP contribution in [0.15, 0.2) is 41.0 Å². The maximum absolute atomic E-state index is 13.1. The predicted molar refractivity (Wildman–Crippen MR) is 122 cm³/mol. The van der Waals surface area contributed by atoms with E-state index in [2.05, 4.69) is 31.6 Å². The molecule has 4 atom stereocenters. The van der Waals surface area contributed by atoms with Crippen LogP contribution in [0.2, 0.25) is 0 Å². The summed E-state index contributed by atoms with van der Waals surface area (Å²) in [5, 5.41) is 9.46. The molecule has 2 heterocycles. The molecule has 3 aliphatic rings. The molecule has 0 radical (unpaired) electrons. The zero-order chi connectivity index (χ0) is 23.9. The van der Waals surface area contributed by atoms with Gasteiger partial charge in [-0.15, -0.1) is 0 Å². The topological polar surface area (TPSA) is 93.1 Å². The van der Waals surface area contributed by atoms with Crippen LogP contribution < -0.4 is 0 Å². The van der Waals surface area contributed by atoms with Crippen molar-refractivity contribution >= 4 is 24.0 Å². The van der Waals surface area contributed by atoms with Gasteiger partial charge in [0.25, 0.3) is 0 Å². The first kappa shape index (κ1) is 23.2. The summed E-state index contributed by atoms with van der Waals surface area (Å²) in [6.07, 6.45) is 3.16. The number of phenolic OH excluding ortho intramolecular Hbond substituents is 1. The highest BCUT2D eigenvalue weighted by molar-refractivity contribution is 6.16. The SMILES string of the molecule is COC(=O)N1C(=O)[C@@H]2[C@@H](CC(C(C)C)=C3[C@@H](CC/C(C)=C/c4ccc(O)cc4)OC[C@@H]32)C1=O. The van der Waals surface area contributed by atoms with Gasteiger partial charge >= 0.3 is 6.09 Å². The molecule has 2 aliphatic heterocycles. The second-order valence-corrected chi connectivity index (χ2v) is 9.50. The van der Waals surface area contributed by atoms with Crippen molar-refractivity contribution in [1.82, 2.24) is 4.90 Å². The molecule has 1 N–H and O–H groups in total. The molecule has 7 nitrogen and oxygen atoms in total. The molecule has 0 aromatic heterocycles. The van der Waals surface area contributed by atoms with Gasteiger partial charge in [0.1, 0.15) is 5.75 Å². The van der Waals surface area contributed by atoms with E-state index in [0.29, 0.717) is 17.9 Å². The van der Waals surface area contributed by atoms with E-state index in [9.17, 15) is 19.5 Å². The molecule has 4 rings (SSSR count). The Morgan fingerprint density at radius 3 is 2.55 bits per heavy atom. The van der Waals surface area contributed by atoms with Crippen LogP contribution in [-0.4, -0.2) is 47.7 Å². The number of ether oxygens (including phenoxy) is 2. The first-order chi connectivity index (χ1) is 15.7. The number of rotatable bonds is 5. The summed E-state index contributed by atoms with van der Waals surface area (Å²) in [6, 6.07) is 7.08. The van der Waals surface area contributed by atoms with Crippen molar-refractivity contribution in [3.8, 4) is 5.75 Å². The molecule has 0 saturated carbocycles. The number of nitrogens with zero attached hydrogens (tertiary/aromatic N) is 1. The zero-order valence-electron chi connectivity index (χ0n) is 19.5. The summed E-state index contributed by atoms with van der Waals surface area (Å²) in [6.45, 7) is 6.66. The number of fused-ring (bicyclic) bond motifs is 3. The Labute approximate surface area is 194 Å². The number of likely N-dealkylation sites (tertiary alicyclic amines) is 1. The van der Waals surface area contributed by atoms with Gasteiger partial charge in [-0.3, -0.25) is 9.59 Å². The maximum Gasteiger partial charge on any atom is 0.423 e. The summed E-state index contributed by atoms with van der Waals surface area (Å²) in [5.41, 5.74) is 4.54.